The maximum absolute atomic E-state index is 11.3. The van der Waals surface area contributed by atoms with Gasteiger partial charge in [0, 0.05) is 11.1 Å². The van der Waals surface area contributed by atoms with E-state index in [4.69, 9.17) is 9.56 Å². The van der Waals surface area contributed by atoms with Crippen molar-refractivity contribution in [3.63, 3.8) is 0 Å². The van der Waals surface area contributed by atoms with Gasteiger partial charge in [-0.15, -0.1) is 0 Å². The van der Waals surface area contributed by atoms with Crippen LogP contribution in [0.5, 0.6) is 0 Å². The number of nitrogens with two attached hydrogens (primary N) is 1. The van der Waals surface area contributed by atoms with E-state index in [0.29, 0.717) is 0 Å². The Hall–Kier alpha value is -2.37. The minimum Gasteiger partial charge on any atom is -0.461 e. The first-order chi connectivity index (χ1) is 10.4. The monoisotopic (exact) mass is 313 g/mol. The zero-order chi connectivity index (χ0) is 15.7. The molecule has 2 N–H and O–H groups in total. The van der Waals surface area contributed by atoms with E-state index < -0.39 is 10.0 Å². The summed E-state index contributed by atoms with van der Waals surface area (Å²) in [4.78, 5) is 0.0951. The van der Waals surface area contributed by atoms with Crippen LogP contribution in [0.25, 0.3) is 22.5 Å². The van der Waals surface area contributed by atoms with Gasteiger partial charge in [-0.1, -0.05) is 42.5 Å². The molecular weight excluding hydrogens is 298 g/mol. The molecule has 0 aliphatic heterocycles. The van der Waals surface area contributed by atoms with E-state index in [-0.39, 0.29) is 4.90 Å². The quantitative estimate of drug-likeness (QED) is 0.803. The Labute approximate surface area is 129 Å². The van der Waals surface area contributed by atoms with Crippen LogP contribution in [0.1, 0.15) is 5.76 Å². The number of aryl methyl sites for hydroxylation is 1. The van der Waals surface area contributed by atoms with Crippen LogP contribution in [0.2, 0.25) is 0 Å². The summed E-state index contributed by atoms with van der Waals surface area (Å²) in [5.74, 6) is 1.56. The average Bonchev–Trinajstić information content (AvgIpc) is 2.89. The molecule has 0 bridgehead atoms. The Balaban J connectivity index is 2.10. The van der Waals surface area contributed by atoms with Crippen molar-refractivity contribution in [1.82, 2.24) is 0 Å². The molecule has 0 spiro atoms. The fourth-order valence-corrected chi connectivity index (χ4v) is 2.87. The van der Waals surface area contributed by atoms with Crippen molar-refractivity contribution >= 4 is 10.0 Å². The second-order valence-corrected chi connectivity index (χ2v) is 6.60. The predicted molar refractivity (Wildman–Crippen MR) is 85.7 cm³/mol. The molecule has 0 saturated heterocycles. The Morgan fingerprint density at radius 2 is 1.55 bits per heavy atom. The number of sulfonamides is 1. The highest BCUT2D eigenvalue weighted by molar-refractivity contribution is 7.89. The molecule has 3 aromatic rings. The molecule has 0 aliphatic rings. The van der Waals surface area contributed by atoms with E-state index >= 15 is 0 Å². The number of hydrogen-bond acceptors (Lipinski definition) is 3. The third-order valence-corrected chi connectivity index (χ3v) is 4.31. The van der Waals surface area contributed by atoms with E-state index in [1.165, 1.54) is 12.1 Å². The Morgan fingerprint density at radius 1 is 0.909 bits per heavy atom. The smallest absolute Gasteiger partial charge is 0.238 e. The molecule has 0 radical (unpaired) electrons. The minimum atomic E-state index is -3.68. The first-order valence-corrected chi connectivity index (χ1v) is 8.29. The maximum Gasteiger partial charge on any atom is 0.238 e. The molecule has 0 fully saturated rings. The molecule has 2 aromatic carbocycles. The van der Waals surface area contributed by atoms with Gasteiger partial charge in [-0.25, -0.2) is 13.6 Å². The van der Waals surface area contributed by atoms with Crippen molar-refractivity contribution in [2.75, 3.05) is 0 Å². The van der Waals surface area contributed by atoms with Gasteiger partial charge in [0.15, 0.2) is 0 Å². The topological polar surface area (TPSA) is 73.3 Å². The Bertz CT molecular complexity index is 895. The van der Waals surface area contributed by atoms with Gasteiger partial charge in [-0.05, 0) is 30.7 Å². The second kappa shape index (κ2) is 5.44. The molecule has 0 unspecified atom stereocenters. The van der Waals surface area contributed by atoms with E-state index in [9.17, 15) is 8.42 Å². The van der Waals surface area contributed by atoms with Crippen molar-refractivity contribution in [2.24, 2.45) is 5.14 Å². The highest BCUT2D eigenvalue weighted by Crippen LogP contribution is 2.35. The molecule has 0 atom stereocenters. The van der Waals surface area contributed by atoms with Gasteiger partial charge >= 0.3 is 0 Å². The standard InChI is InChI=1S/C17H15NO3S/c1-12-11-16(17(21-12)14-5-3-2-4-6-14)13-7-9-15(10-8-13)22(18,19)20/h2-11H,1H3,(H2,18,19,20). The number of primary sulfonamides is 1. The van der Waals surface area contributed by atoms with Crippen LogP contribution in [-0.2, 0) is 10.0 Å². The number of hydrogen-bond donors (Lipinski definition) is 1. The molecule has 4 nitrogen and oxygen atoms in total. The number of benzene rings is 2. The summed E-state index contributed by atoms with van der Waals surface area (Å²) in [7, 11) is -3.68. The van der Waals surface area contributed by atoms with Crippen molar-refractivity contribution in [1.29, 1.82) is 0 Å². The lowest BCUT2D eigenvalue weighted by Crippen LogP contribution is -2.11. The van der Waals surface area contributed by atoms with Crippen LogP contribution in [0, 0.1) is 6.92 Å². The molecule has 22 heavy (non-hydrogen) atoms. The van der Waals surface area contributed by atoms with E-state index in [0.717, 1.165) is 28.2 Å². The lowest BCUT2D eigenvalue weighted by molar-refractivity contribution is 0.549. The summed E-state index contributed by atoms with van der Waals surface area (Å²) in [6.07, 6.45) is 0. The molecule has 5 heteroatoms. The van der Waals surface area contributed by atoms with E-state index in [1.54, 1.807) is 12.1 Å². The summed E-state index contributed by atoms with van der Waals surface area (Å²) in [6, 6.07) is 18.2. The molecule has 0 amide bonds. The highest BCUT2D eigenvalue weighted by Gasteiger charge is 2.14. The van der Waals surface area contributed by atoms with E-state index in [1.807, 2.05) is 43.3 Å². The SMILES string of the molecule is Cc1cc(-c2ccc(S(N)(=O)=O)cc2)c(-c2ccccc2)o1. The first-order valence-electron chi connectivity index (χ1n) is 6.74. The van der Waals surface area contributed by atoms with Gasteiger partial charge in [0.1, 0.15) is 11.5 Å². The van der Waals surface area contributed by atoms with Crippen LogP contribution in [0.15, 0.2) is 70.0 Å². The summed E-state index contributed by atoms with van der Waals surface area (Å²) < 4.78 is 28.5. The van der Waals surface area contributed by atoms with Gasteiger partial charge in [0.2, 0.25) is 10.0 Å². The molecule has 3 rings (SSSR count). The molecule has 1 heterocycles. The maximum atomic E-state index is 11.3. The molecule has 0 aliphatic carbocycles. The summed E-state index contributed by atoms with van der Waals surface area (Å²) in [5, 5.41) is 5.12. The normalized spacial score (nSPS) is 11.5. The van der Waals surface area contributed by atoms with Gasteiger partial charge in [-0.2, -0.15) is 0 Å². The van der Waals surface area contributed by atoms with Crippen LogP contribution < -0.4 is 5.14 Å². The summed E-state index contributed by atoms with van der Waals surface area (Å²) in [6.45, 7) is 1.88. The van der Waals surface area contributed by atoms with Crippen LogP contribution >= 0.6 is 0 Å². The second-order valence-electron chi connectivity index (χ2n) is 5.04. The number of furan rings is 1. The molecular formula is C17H15NO3S. The van der Waals surface area contributed by atoms with Crippen molar-refractivity contribution < 1.29 is 12.8 Å². The third kappa shape index (κ3) is 2.81. The molecule has 112 valence electrons. The largest absolute Gasteiger partial charge is 0.461 e. The van der Waals surface area contributed by atoms with Crippen molar-refractivity contribution in [3.05, 3.63) is 66.4 Å². The van der Waals surface area contributed by atoms with Gasteiger partial charge in [0.05, 0.1) is 4.90 Å². The highest BCUT2D eigenvalue weighted by atomic mass is 32.2. The van der Waals surface area contributed by atoms with Crippen LogP contribution in [0.3, 0.4) is 0 Å². The summed E-state index contributed by atoms with van der Waals surface area (Å²) in [5.41, 5.74) is 2.77. The van der Waals surface area contributed by atoms with Crippen LogP contribution in [-0.4, -0.2) is 8.42 Å². The zero-order valence-corrected chi connectivity index (χ0v) is 12.8. The lowest BCUT2D eigenvalue weighted by atomic mass is 10.0. The third-order valence-electron chi connectivity index (χ3n) is 3.39. The van der Waals surface area contributed by atoms with E-state index in [2.05, 4.69) is 0 Å². The van der Waals surface area contributed by atoms with Gasteiger partial charge < -0.3 is 4.42 Å². The van der Waals surface area contributed by atoms with Crippen molar-refractivity contribution in [2.45, 2.75) is 11.8 Å². The molecule has 1 aromatic heterocycles. The van der Waals surface area contributed by atoms with Gasteiger partial charge in [-0.3, -0.25) is 0 Å². The average molecular weight is 313 g/mol. The fourth-order valence-electron chi connectivity index (χ4n) is 2.36. The van der Waals surface area contributed by atoms with Crippen LogP contribution in [0.4, 0.5) is 0 Å². The predicted octanol–water partition coefficient (Wildman–Crippen LogP) is 3.57. The number of rotatable bonds is 3. The zero-order valence-electron chi connectivity index (χ0n) is 12.0. The van der Waals surface area contributed by atoms with Gasteiger partial charge in [0.25, 0.3) is 0 Å². The Morgan fingerprint density at radius 3 is 2.14 bits per heavy atom. The minimum absolute atomic E-state index is 0.0951. The Kier molecular flexibility index (Phi) is 3.60. The van der Waals surface area contributed by atoms with Crippen molar-refractivity contribution in [3.8, 4) is 22.5 Å². The summed E-state index contributed by atoms with van der Waals surface area (Å²) >= 11 is 0. The fraction of sp³-hybridized carbons (Fsp3) is 0.0588. The first kappa shape index (κ1) is 14.6. The molecule has 0 saturated carbocycles. The lowest BCUT2D eigenvalue weighted by Gasteiger charge is -2.04.